The molecule has 0 saturated carbocycles. The summed E-state index contributed by atoms with van der Waals surface area (Å²) in [5.74, 6) is -0.502. The van der Waals surface area contributed by atoms with Crippen LogP contribution >= 0.6 is 0 Å². The molecule has 0 radical (unpaired) electrons. The molecule has 0 heterocycles. The summed E-state index contributed by atoms with van der Waals surface area (Å²) in [5, 5.41) is 18.0. The molecule has 0 aliphatic carbocycles. The van der Waals surface area contributed by atoms with Crippen LogP contribution in [0.15, 0.2) is 12.1 Å². The van der Waals surface area contributed by atoms with Crippen LogP contribution in [0.5, 0.6) is 5.75 Å². The Kier molecular flexibility index (Phi) is 3.12. The molecule has 0 spiro atoms. The van der Waals surface area contributed by atoms with Gasteiger partial charge in [0.05, 0.1) is 0 Å². The lowest BCUT2D eigenvalue weighted by Crippen LogP contribution is -1.98. The highest BCUT2D eigenvalue weighted by Crippen LogP contribution is 2.23. The quantitative estimate of drug-likeness (QED) is 0.774. The smallest absolute Gasteiger partial charge is 0.303 e. The van der Waals surface area contributed by atoms with Crippen LogP contribution in [-0.4, -0.2) is 16.2 Å². The summed E-state index contributed by atoms with van der Waals surface area (Å²) >= 11 is 0. The van der Waals surface area contributed by atoms with Gasteiger partial charge in [0.2, 0.25) is 0 Å². The van der Waals surface area contributed by atoms with Crippen LogP contribution in [0.2, 0.25) is 0 Å². The number of aryl methyl sites for hydroxylation is 3. The maximum atomic E-state index is 10.4. The van der Waals surface area contributed by atoms with Gasteiger partial charge in [0, 0.05) is 6.42 Å². The summed E-state index contributed by atoms with van der Waals surface area (Å²) in [5.41, 5.74) is 2.55. The fourth-order valence-electron chi connectivity index (χ4n) is 1.44. The molecule has 0 aliphatic rings. The number of rotatable bonds is 3. The van der Waals surface area contributed by atoms with Crippen molar-refractivity contribution in [3.8, 4) is 5.75 Å². The van der Waals surface area contributed by atoms with E-state index in [1.807, 2.05) is 26.0 Å². The van der Waals surface area contributed by atoms with Gasteiger partial charge in [0.15, 0.2) is 0 Å². The summed E-state index contributed by atoms with van der Waals surface area (Å²) in [6, 6.07) is 3.65. The molecule has 0 amide bonds. The molecule has 3 heteroatoms. The molecule has 3 nitrogen and oxygen atoms in total. The topological polar surface area (TPSA) is 57.5 Å². The Morgan fingerprint density at radius 1 is 1.29 bits per heavy atom. The van der Waals surface area contributed by atoms with Crippen molar-refractivity contribution in [1.29, 1.82) is 0 Å². The fourth-order valence-corrected chi connectivity index (χ4v) is 1.44. The molecule has 0 fully saturated rings. The van der Waals surface area contributed by atoms with Crippen LogP contribution in [0.1, 0.15) is 23.1 Å². The van der Waals surface area contributed by atoms with Crippen LogP contribution in [0.4, 0.5) is 0 Å². The number of carboxylic acids is 1. The van der Waals surface area contributed by atoms with Crippen molar-refractivity contribution in [3.63, 3.8) is 0 Å². The second kappa shape index (κ2) is 4.13. The normalized spacial score (nSPS) is 10.1. The molecule has 0 aromatic heterocycles. The zero-order valence-electron chi connectivity index (χ0n) is 8.37. The molecule has 76 valence electrons. The average molecular weight is 194 g/mol. The summed E-state index contributed by atoms with van der Waals surface area (Å²) in [7, 11) is 0. The van der Waals surface area contributed by atoms with Gasteiger partial charge in [-0.25, -0.2) is 0 Å². The Morgan fingerprint density at radius 3 is 2.21 bits per heavy atom. The van der Waals surface area contributed by atoms with Gasteiger partial charge in [0.25, 0.3) is 0 Å². The van der Waals surface area contributed by atoms with Crippen molar-refractivity contribution in [2.45, 2.75) is 26.7 Å². The number of hydrogen-bond acceptors (Lipinski definition) is 2. The molecule has 0 unspecified atom stereocenters. The lowest BCUT2D eigenvalue weighted by Gasteiger charge is -2.06. The number of hydrogen-bond donors (Lipinski definition) is 2. The van der Waals surface area contributed by atoms with Gasteiger partial charge in [-0.1, -0.05) is 12.1 Å². The third-order valence-corrected chi connectivity index (χ3v) is 2.18. The van der Waals surface area contributed by atoms with Crippen molar-refractivity contribution in [3.05, 3.63) is 28.8 Å². The van der Waals surface area contributed by atoms with Gasteiger partial charge in [-0.3, -0.25) is 4.79 Å². The molecule has 1 aromatic rings. The van der Waals surface area contributed by atoms with Gasteiger partial charge in [0.1, 0.15) is 5.75 Å². The van der Waals surface area contributed by atoms with E-state index in [4.69, 9.17) is 5.11 Å². The summed E-state index contributed by atoms with van der Waals surface area (Å²) < 4.78 is 0. The van der Waals surface area contributed by atoms with Crippen molar-refractivity contribution >= 4 is 5.97 Å². The van der Waals surface area contributed by atoms with Crippen LogP contribution in [0, 0.1) is 13.8 Å². The van der Waals surface area contributed by atoms with E-state index in [1.54, 1.807) is 0 Å². The Morgan fingerprint density at radius 2 is 1.79 bits per heavy atom. The van der Waals surface area contributed by atoms with E-state index in [0.29, 0.717) is 12.2 Å². The number of phenols is 1. The summed E-state index contributed by atoms with van der Waals surface area (Å²) in [4.78, 5) is 10.4. The van der Waals surface area contributed by atoms with E-state index < -0.39 is 5.97 Å². The Labute approximate surface area is 83.0 Å². The first-order chi connectivity index (χ1) is 6.50. The molecule has 0 atom stereocenters. The Hall–Kier alpha value is -1.51. The SMILES string of the molecule is Cc1cc(CCC(=O)O)cc(C)c1O. The first-order valence-electron chi connectivity index (χ1n) is 4.51. The zero-order chi connectivity index (χ0) is 10.7. The van der Waals surface area contributed by atoms with Crippen molar-refractivity contribution in [1.82, 2.24) is 0 Å². The van der Waals surface area contributed by atoms with E-state index in [2.05, 4.69) is 0 Å². The number of carboxylic acid groups (broad SMARTS) is 1. The van der Waals surface area contributed by atoms with Gasteiger partial charge < -0.3 is 10.2 Å². The van der Waals surface area contributed by atoms with E-state index in [0.717, 1.165) is 16.7 Å². The van der Waals surface area contributed by atoms with E-state index in [1.165, 1.54) is 0 Å². The molecular weight excluding hydrogens is 180 g/mol. The molecule has 2 N–H and O–H groups in total. The average Bonchev–Trinajstić information content (AvgIpc) is 2.10. The first-order valence-corrected chi connectivity index (χ1v) is 4.51. The van der Waals surface area contributed by atoms with E-state index in [9.17, 15) is 9.90 Å². The zero-order valence-corrected chi connectivity index (χ0v) is 8.37. The van der Waals surface area contributed by atoms with Gasteiger partial charge in [-0.2, -0.15) is 0 Å². The maximum Gasteiger partial charge on any atom is 0.303 e. The predicted molar refractivity (Wildman–Crippen MR) is 53.5 cm³/mol. The van der Waals surface area contributed by atoms with Gasteiger partial charge in [-0.05, 0) is 37.0 Å². The van der Waals surface area contributed by atoms with E-state index >= 15 is 0 Å². The van der Waals surface area contributed by atoms with Crippen LogP contribution in [-0.2, 0) is 11.2 Å². The number of aliphatic carboxylic acids is 1. The van der Waals surface area contributed by atoms with Crippen molar-refractivity contribution in [2.75, 3.05) is 0 Å². The fraction of sp³-hybridized carbons (Fsp3) is 0.364. The Bertz CT molecular complexity index is 333. The molecule has 0 saturated heterocycles. The summed E-state index contributed by atoms with van der Waals surface area (Å²) in [6.07, 6.45) is 0.640. The summed E-state index contributed by atoms with van der Waals surface area (Å²) in [6.45, 7) is 3.62. The minimum atomic E-state index is -0.798. The predicted octanol–water partition coefficient (Wildman–Crippen LogP) is 2.03. The highest BCUT2D eigenvalue weighted by atomic mass is 16.4. The largest absolute Gasteiger partial charge is 0.507 e. The van der Waals surface area contributed by atoms with Gasteiger partial charge >= 0.3 is 5.97 Å². The molecular formula is C11H14O3. The van der Waals surface area contributed by atoms with Crippen molar-refractivity contribution in [2.24, 2.45) is 0 Å². The maximum absolute atomic E-state index is 10.4. The van der Waals surface area contributed by atoms with Crippen LogP contribution < -0.4 is 0 Å². The Balaban J connectivity index is 2.84. The minimum absolute atomic E-state index is 0.129. The third kappa shape index (κ3) is 2.49. The van der Waals surface area contributed by atoms with Crippen LogP contribution in [0.3, 0.4) is 0 Å². The molecule has 1 aromatic carbocycles. The second-order valence-electron chi connectivity index (χ2n) is 3.47. The monoisotopic (exact) mass is 194 g/mol. The molecule has 0 aliphatic heterocycles. The molecule has 1 rings (SSSR count). The highest BCUT2D eigenvalue weighted by Gasteiger charge is 2.04. The number of phenolic OH excluding ortho intramolecular Hbond substituents is 1. The standard InChI is InChI=1S/C11H14O3/c1-7-5-9(3-4-10(12)13)6-8(2)11(7)14/h5-6,14H,3-4H2,1-2H3,(H,12,13). The lowest BCUT2D eigenvalue weighted by molar-refractivity contribution is -0.136. The number of benzene rings is 1. The van der Waals surface area contributed by atoms with E-state index in [-0.39, 0.29) is 6.42 Å². The number of carbonyl (C=O) groups is 1. The third-order valence-electron chi connectivity index (χ3n) is 2.18. The second-order valence-corrected chi connectivity index (χ2v) is 3.47. The van der Waals surface area contributed by atoms with Crippen LogP contribution in [0.25, 0.3) is 0 Å². The highest BCUT2D eigenvalue weighted by molar-refractivity contribution is 5.67. The van der Waals surface area contributed by atoms with Crippen molar-refractivity contribution < 1.29 is 15.0 Å². The lowest BCUT2D eigenvalue weighted by atomic mass is 10.0. The van der Waals surface area contributed by atoms with Gasteiger partial charge in [-0.15, -0.1) is 0 Å². The molecule has 14 heavy (non-hydrogen) atoms. The first kappa shape index (κ1) is 10.6. The minimum Gasteiger partial charge on any atom is -0.507 e. The number of aromatic hydroxyl groups is 1. The molecule has 0 bridgehead atoms.